The summed E-state index contributed by atoms with van der Waals surface area (Å²) < 4.78 is 5.89. The Balaban J connectivity index is 2.02. The van der Waals surface area contributed by atoms with Crippen molar-refractivity contribution in [1.82, 2.24) is 0 Å². The molecule has 2 rings (SSSR count). The monoisotopic (exact) mass is 248 g/mol. The van der Waals surface area contributed by atoms with Crippen molar-refractivity contribution in [3.63, 3.8) is 0 Å². The van der Waals surface area contributed by atoms with E-state index < -0.39 is 0 Å². The average Bonchev–Trinajstić information content (AvgIpc) is 2.32. The third kappa shape index (κ3) is 3.26. The van der Waals surface area contributed by atoms with E-state index in [0.717, 1.165) is 31.4 Å². The van der Waals surface area contributed by atoms with Gasteiger partial charge in [-0.05, 0) is 42.4 Å². The molecule has 0 spiro atoms. The summed E-state index contributed by atoms with van der Waals surface area (Å²) in [5, 5.41) is 9.89. The standard InChI is InChI=1S/C16H24O2/c1-16(2,3)12-8-10-13(11-9-12)18-15-7-5-4-6-14(15)17/h8-11,14-15,17H,4-7H2,1-3H3/t14-,15-/m1/s1. The number of hydrogen-bond donors (Lipinski definition) is 1. The zero-order valence-electron chi connectivity index (χ0n) is 11.6. The van der Waals surface area contributed by atoms with E-state index in [1.54, 1.807) is 0 Å². The summed E-state index contributed by atoms with van der Waals surface area (Å²) in [5.74, 6) is 0.869. The molecule has 0 heterocycles. The highest BCUT2D eigenvalue weighted by atomic mass is 16.5. The molecule has 0 bridgehead atoms. The van der Waals surface area contributed by atoms with Gasteiger partial charge in [0.15, 0.2) is 0 Å². The molecule has 1 fully saturated rings. The van der Waals surface area contributed by atoms with E-state index in [4.69, 9.17) is 4.74 Å². The van der Waals surface area contributed by atoms with E-state index in [0.29, 0.717) is 0 Å². The molecule has 2 atom stereocenters. The maximum absolute atomic E-state index is 9.89. The lowest BCUT2D eigenvalue weighted by Crippen LogP contribution is -2.34. The molecule has 1 aromatic carbocycles. The molecule has 0 saturated heterocycles. The highest BCUT2D eigenvalue weighted by molar-refractivity contribution is 5.31. The topological polar surface area (TPSA) is 29.5 Å². The van der Waals surface area contributed by atoms with Gasteiger partial charge in [0, 0.05) is 0 Å². The van der Waals surface area contributed by atoms with Crippen LogP contribution in [0.5, 0.6) is 5.75 Å². The fraction of sp³-hybridized carbons (Fsp3) is 0.625. The van der Waals surface area contributed by atoms with Crippen molar-refractivity contribution in [2.45, 2.75) is 64.1 Å². The van der Waals surface area contributed by atoms with Gasteiger partial charge >= 0.3 is 0 Å². The van der Waals surface area contributed by atoms with Gasteiger partial charge in [-0.15, -0.1) is 0 Å². The fourth-order valence-electron chi connectivity index (χ4n) is 2.42. The Bertz CT molecular complexity index is 375. The summed E-state index contributed by atoms with van der Waals surface area (Å²) in [6.45, 7) is 6.61. The summed E-state index contributed by atoms with van der Waals surface area (Å²) in [7, 11) is 0. The number of rotatable bonds is 2. The van der Waals surface area contributed by atoms with Crippen molar-refractivity contribution < 1.29 is 9.84 Å². The van der Waals surface area contributed by atoms with Crippen molar-refractivity contribution in [2.75, 3.05) is 0 Å². The van der Waals surface area contributed by atoms with Crippen LogP contribution in [0.3, 0.4) is 0 Å². The van der Waals surface area contributed by atoms with Crippen LogP contribution in [0.25, 0.3) is 0 Å². The molecule has 0 aromatic heterocycles. The van der Waals surface area contributed by atoms with Crippen LogP contribution in [0.1, 0.15) is 52.0 Å². The average molecular weight is 248 g/mol. The molecular formula is C16H24O2. The van der Waals surface area contributed by atoms with E-state index in [1.165, 1.54) is 5.56 Å². The molecule has 1 aromatic rings. The van der Waals surface area contributed by atoms with E-state index in [-0.39, 0.29) is 17.6 Å². The number of aliphatic hydroxyl groups is 1. The van der Waals surface area contributed by atoms with Crippen LogP contribution >= 0.6 is 0 Å². The van der Waals surface area contributed by atoms with Crippen molar-refractivity contribution in [3.05, 3.63) is 29.8 Å². The molecule has 1 saturated carbocycles. The number of hydrogen-bond acceptors (Lipinski definition) is 2. The zero-order valence-corrected chi connectivity index (χ0v) is 11.6. The first-order chi connectivity index (χ1) is 8.47. The van der Waals surface area contributed by atoms with Gasteiger partial charge in [-0.2, -0.15) is 0 Å². The van der Waals surface area contributed by atoms with Gasteiger partial charge in [0.25, 0.3) is 0 Å². The summed E-state index contributed by atoms with van der Waals surface area (Å²) in [6.07, 6.45) is 3.76. The minimum Gasteiger partial charge on any atom is -0.488 e. The highest BCUT2D eigenvalue weighted by Crippen LogP contribution is 2.27. The van der Waals surface area contributed by atoms with Crippen LogP contribution in [0, 0.1) is 0 Å². The third-order valence-corrected chi connectivity index (χ3v) is 3.68. The van der Waals surface area contributed by atoms with Gasteiger partial charge in [-0.3, -0.25) is 0 Å². The quantitative estimate of drug-likeness (QED) is 0.865. The van der Waals surface area contributed by atoms with Gasteiger partial charge in [0.2, 0.25) is 0 Å². The van der Waals surface area contributed by atoms with Crippen LogP contribution in [0.4, 0.5) is 0 Å². The first-order valence-corrected chi connectivity index (χ1v) is 6.92. The molecule has 18 heavy (non-hydrogen) atoms. The van der Waals surface area contributed by atoms with Gasteiger partial charge in [0.05, 0.1) is 6.10 Å². The van der Waals surface area contributed by atoms with Gasteiger partial charge < -0.3 is 9.84 Å². The molecule has 1 aliphatic rings. The Labute approximate surface area is 110 Å². The van der Waals surface area contributed by atoms with Crippen LogP contribution in [-0.2, 0) is 5.41 Å². The molecule has 1 N–H and O–H groups in total. The highest BCUT2D eigenvalue weighted by Gasteiger charge is 2.24. The lowest BCUT2D eigenvalue weighted by atomic mass is 9.87. The minimum absolute atomic E-state index is 0.0285. The van der Waals surface area contributed by atoms with Crippen molar-refractivity contribution >= 4 is 0 Å². The zero-order chi connectivity index (χ0) is 13.2. The number of aliphatic hydroxyl groups excluding tert-OH is 1. The SMILES string of the molecule is CC(C)(C)c1ccc(O[C@@H]2CCCC[C@H]2O)cc1. The first-order valence-electron chi connectivity index (χ1n) is 6.92. The second kappa shape index (κ2) is 5.31. The maximum atomic E-state index is 9.89. The van der Waals surface area contributed by atoms with Crippen LogP contribution in [0.15, 0.2) is 24.3 Å². The number of ether oxygens (including phenoxy) is 1. The van der Waals surface area contributed by atoms with Gasteiger partial charge in [0.1, 0.15) is 11.9 Å². The molecular weight excluding hydrogens is 224 g/mol. The predicted octanol–water partition coefficient (Wildman–Crippen LogP) is 3.67. The summed E-state index contributed by atoms with van der Waals surface area (Å²) >= 11 is 0. The smallest absolute Gasteiger partial charge is 0.124 e. The fourth-order valence-corrected chi connectivity index (χ4v) is 2.42. The van der Waals surface area contributed by atoms with E-state index >= 15 is 0 Å². The summed E-state index contributed by atoms with van der Waals surface area (Å²) in [5.41, 5.74) is 1.47. The first kappa shape index (κ1) is 13.4. The Morgan fingerprint density at radius 1 is 1.06 bits per heavy atom. The molecule has 2 heteroatoms. The predicted molar refractivity (Wildman–Crippen MR) is 74.0 cm³/mol. The van der Waals surface area contributed by atoms with Gasteiger partial charge in [-0.25, -0.2) is 0 Å². The van der Waals surface area contributed by atoms with Crippen molar-refractivity contribution in [2.24, 2.45) is 0 Å². The molecule has 0 unspecified atom stereocenters. The molecule has 0 amide bonds. The van der Waals surface area contributed by atoms with E-state index in [2.05, 4.69) is 32.9 Å². The summed E-state index contributed by atoms with van der Waals surface area (Å²) in [6, 6.07) is 8.26. The lowest BCUT2D eigenvalue weighted by molar-refractivity contribution is 0.00686. The van der Waals surface area contributed by atoms with E-state index in [1.807, 2.05) is 12.1 Å². The van der Waals surface area contributed by atoms with Crippen LogP contribution in [-0.4, -0.2) is 17.3 Å². The van der Waals surface area contributed by atoms with Crippen LogP contribution in [0.2, 0.25) is 0 Å². The van der Waals surface area contributed by atoms with Gasteiger partial charge in [-0.1, -0.05) is 39.3 Å². The van der Waals surface area contributed by atoms with Crippen LogP contribution < -0.4 is 4.74 Å². The maximum Gasteiger partial charge on any atom is 0.124 e. The Kier molecular flexibility index (Phi) is 3.96. The van der Waals surface area contributed by atoms with Crippen molar-refractivity contribution in [3.8, 4) is 5.75 Å². The second-order valence-corrected chi connectivity index (χ2v) is 6.28. The molecule has 0 aliphatic heterocycles. The molecule has 2 nitrogen and oxygen atoms in total. The minimum atomic E-state index is -0.305. The lowest BCUT2D eigenvalue weighted by Gasteiger charge is -2.28. The van der Waals surface area contributed by atoms with E-state index in [9.17, 15) is 5.11 Å². The third-order valence-electron chi connectivity index (χ3n) is 3.68. The summed E-state index contributed by atoms with van der Waals surface area (Å²) in [4.78, 5) is 0. The normalized spacial score (nSPS) is 24.9. The molecule has 0 radical (unpaired) electrons. The Morgan fingerprint density at radius 3 is 2.22 bits per heavy atom. The molecule has 100 valence electrons. The number of benzene rings is 1. The Morgan fingerprint density at radius 2 is 1.67 bits per heavy atom. The largest absolute Gasteiger partial charge is 0.488 e. The molecule has 1 aliphatic carbocycles. The Hall–Kier alpha value is -1.02. The second-order valence-electron chi connectivity index (χ2n) is 6.28. The van der Waals surface area contributed by atoms with Crippen molar-refractivity contribution in [1.29, 1.82) is 0 Å².